The van der Waals surface area contributed by atoms with Crippen molar-refractivity contribution >= 4 is 48.1 Å². The van der Waals surface area contributed by atoms with Gasteiger partial charge in [0.1, 0.15) is 5.82 Å². The fourth-order valence-corrected chi connectivity index (χ4v) is 3.88. The van der Waals surface area contributed by atoms with E-state index in [0.29, 0.717) is 18.0 Å². The van der Waals surface area contributed by atoms with Gasteiger partial charge in [-0.2, -0.15) is 0 Å². The van der Waals surface area contributed by atoms with Gasteiger partial charge in [-0.3, -0.25) is 9.69 Å². The number of carbonyl (C=O) groups is 1. The van der Waals surface area contributed by atoms with Gasteiger partial charge < -0.3 is 15.5 Å². The van der Waals surface area contributed by atoms with E-state index in [2.05, 4.69) is 31.5 Å². The number of hydrogen-bond donors (Lipinski definition) is 2. The van der Waals surface area contributed by atoms with Crippen molar-refractivity contribution in [2.45, 2.75) is 6.54 Å². The molecular weight excluding hydrogens is 445 g/mol. The summed E-state index contributed by atoms with van der Waals surface area (Å²) in [5.74, 6) is 1.30. The highest BCUT2D eigenvalue weighted by molar-refractivity contribution is 6.30. The highest BCUT2D eigenvalue weighted by Crippen LogP contribution is 2.20. The summed E-state index contributed by atoms with van der Waals surface area (Å²) in [6, 6.07) is 11.7. The number of nitrogens with one attached hydrogen (secondary N) is 2. The lowest BCUT2D eigenvalue weighted by Crippen LogP contribution is -2.49. The predicted octanol–water partition coefficient (Wildman–Crippen LogP) is 2.85. The van der Waals surface area contributed by atoms with Crippen molar-refractivity contribution < 1.29 is 4.79 Å². The maximum absolute atomic E-state index is 12.7. The van der Waals surface area contributed by atoms with Gasteiger partial charge in [0.15, 0.2) is 0 Å². The third-order valence-electron chi connectivity index (χ3n) is 5.42. The Hall–Kier alpha value is -1.57. The molecule has 2 aliphatic rings. The number of amides is 1. The molecule has 1 aromatic heterocycles. The third kappa shape index (κ3) is 6.22. The van der Waals surface area contributed by atoms with Gasteiger partial charge in [0.25, 0.3) is 5.91 Å². The lowest BCUT2D eigenvalue weighted by molar-refractivity contribution is 0.0942. The van der Waals surface area contributed by atoms with E-state index in [1.54, 1.807) is 6.20 Å². The van der Waals surface area contributed by atoms with E-state index in [1.165, 1.54) is 5.56 Å². The number of hydrogen-bond acceptors (Lipinski definition) is 5. The highest BCUT2D eigenvalue weighted by atomic mass is 35.5. The van der Waals surface area contributed by atoms with E-state index in [9.17, 15) is 4.79 Å². The summed E-state index contributed by atoms with van der Waals surface area (Å²) in [4.78, 5) is 21.8. The van der Waals surface area contributed by atoms with Crippen LogP contribution in [0.1, 0.15) is 15.9 Å². The average Bonchev–Trinajstić information content (AvgIpc) is 2.67. The van der Waals surface area contributed by atoms with Crippen molar-refractivity contribution in [3.8, 4) is 0 Å². The van der Waals surface area contributed by atoms with Crippen LogP contribution in [0.15, 0.2) is 42.6 Å². The summed E-state index contributed by atoms with van der Waals surface area (Å²) >= 11 is 6.09. The van der Waals surface area contributed by atoms with Crippen LogP contribution in [0.2, 0.25) is 5.02 Å². The van der Waals surface area contributed by atoms with Crippen LogP contribution < -0.4 is 15.5 Å². The van der Waals surface area contributed by atoms with Crippen molar-refractivity contribution in [1.82, 2.24) is 20.5 Å². The number of piperazine rings is 1. The molecule has 0 unspecified atom stereocenters. The molecular formula is C21H28Cl3N5O. The van der Waals surface area contributed by atoms with E-state index in [-0.39, 0.29) is 30.7 Å². The van der Waals surface area contributed by atoms with Crippen molar-refractivity contribution in [3.63, 3.8) is 0 Å². The zero-order valence-electron chi connectivity index (χ0n) is 16.7. The summed E-state index contributed by atoms with van der Waals surface area (Å²) in [6.45, 7) is 7.13. The lowest BCUT2D eigenvalue weighted by atomic mass is 10.0. The highest BCUT2D eigenvalue weighted by Gasteiger charge is 2.24. The van der Waals surface area contributed by atoms with E-state index in [0.717, 1.165) is 56.7 Å². The Morgan fingerprint density at radius 2 is 1.90 bits per heavy atom. The molecule has 0 saturated carbocycles. The molecule has 30 heavy (non-hydrogen) atoms. The number of rotatable bonds is 6. The quantitative estimate of drug-likeness (QED) is 0.677. The molecule has 164 valence electrons. The van der Waals surface area contributed by atoms with Crippen LogP contribution in [0.25, 0.3) is 0 Å². The van der Waals surface area contributed by atoms with E-state index >= 15 is 0 Å². The van der Waals surface area contributed by atoms with E-state index in [4.69, 9.17) is 11.6 Å². The minimum absolute atomic E-state index is 0. The maximum atomic E-state index is 12.7. The van der Waals surface area contributed by atoms with Crippen LogP contribution in [0.3, 0.4) is 0 Å². The number of carbonyl (C=O) groups excluding carboxylic acids is 1. The van der Waals surface area contributed by atoms with Crippen LogP contribution in [0.4, 0.5) is 5.82 Å². The van der Waals surface area contributed by atoms with Crippen LogP contribution in [0.5, 0.6) is 0 Å². The molecule has 1 amide bonds. The monoisotopic (exact) mass is 471 g/mol. The Balaban J connectivity index is 0.00000160. The van der Waals surface area contributed by atoms with E-state index < -0.39 is 0 Å². The standard InChI is InChI=1S/C21H26ClN5O.2ClH/c22-18-4-1-3-16(11-18)15-26-7-9-27(10-8-26)20-19(5-2-6-24-20)21(28)25-14-17-12-23-13-17;;/h1-6,11,17,23H,7-10,12-15H2,(H,25,28);2*1H. The second-order valence-corrected chi connectivity index (χ2v) is 7.94. The number of aromatic nitrogens is 1. The van der Waals surface area contributed by atoms with Crippen molar-refractivity contribution in [2.24, 2.45) is 5.92 Å². The Labute approximate surface area is 195 Å². The van der Waals surface area contributed by atoms with Crippen molar-refractivity contribution in [1.29, 1.82) is 0 Å². The topological polar surface area (TPSA) is 60.5 Å². The molecule has 3 heterocycles. The number of pyridine rings is 1. The molecule has 2 aromatic rings. The minimum Gasteiger partial charge on any atom is -0.353 e. The van der Waals surface area contributed by atoms with Crippen LogP contribution in [-0.2, 0) is 6.54 Å². The first-order chi connectivity index (χ1) is 13.7. The maximum Gasteiger partial charge on any atom is 0.255 e. The lowest BCUT2D eigenvalue weighted by Gasteiger charge is -2.36. The molecule has 2 aliphatic heterocycles. The van der Waals surface area contributed by atoms with Gasteiger partial charge in [-0.1, -0.05) is 23.7 Å². The van der Waals surface area contributed by atoms with Gasteiger partial charge in [-0.05, 0) is 29.8 Å². The Morgan fingerprint density at radius 3 is 2.57 bits per heavy atom. The molecule has 1 aromatic carbocycles. The van der Waals surface area contributed by atoms with E-state index in [1.807, 2.05) is 30.3 Å². The Kier molecular flexibility index (Phi) is 9.65. The smallest absolute Gasteiger partial charge is 0.255 e. The van der Waals surface area contributed by atoms with Crippen LogP contribution >= 0.6 is 36.4 Å². The molecule has 2 fully saturated rings. The van der Waals surface area contributed by atoms with Crippen molar-refractivity contribution in [3.05, 3.63) is 58.7 Å². The van der Waals surface area contributed by atoms with Gasteiger partial charge in [0, 0.05) is 69.5 Å². The first-order valence-electron chi connectivity index (χ1n) is 9.85. The Morgan fingerprint density at radius 1 is 1.13 bits per heavy atom. The molecule has 0 radical (unpaired) electrons. The minimum atomic E-state index is -0.0312. The van der Waals surface area contributed by atoms with Crippen molar-refractivity contribution in [2.75, 3.05) is 50.7 Å². The summed E-state index contributed by atoms with van der Waals surface area (Å²) in [5.41, 5.74) is 1.89. The molecule has 0 atom stereocenters. The third-order valence-corrected chi connectivity index (χ3v) is 5.65. The predicted molar refractivity (Wildman–Crippen MR) is 126 cm³/mol. The summed E-state index contributed by atoms with van der Waals surface area (Å²) in [5, 5.41) is 7.06. The first-order valence-corrected chi connectivity index (χ1v) is 10.2. The fourth-order valence-electron chi connectivity index (χ4n) is 3.66. The average molecular weight is 473 g/mol. The zero-order chi connectivity index (χ0) is 19.3. The SMILES string of the molecule is Cl.Cl.O=C(NCC1CNC1)c1cccnc1N1CCN(Cc2cccc(Cl)c2)CC1. The van der Waals surface area contributed by atoms with Crippen LogP contribution in [-0.4, -0.2) is 61.6 Å². The Bertz CT molecular complexity index is 826. The largest absolute Gasteiger partial charge is 0.353 e. The summed E-state index contributed by atoms with van der Waals surface area (Å²) < 4.78 is 0. The molecule has 2 saturated heterocycles. The molecule has 9 heteroatoms. The second-order valence-electron chi connectivity index (χ2n) is 7.50. The number of benzene rings is 1. The van der Waals surface area contributed by atoms with Gasteiger partial charge in [0.05, 0.1) is 5.56 Å². The van der Waals surface area contributed by atoms with Gasteiger partial charge in [-0.15, -0.1) is 24.8 Å². The molecule has 2 N–H and O–H groups in total. The number of nitrogens with zero attached hydrogens (tertiary/aromatic N) is 3. The molecule has 0 bridgehead atoms. The fraction of sp³-hybridized carbons (Fsp3) is 0.429. The van der Waals surface area contributed by atoms with Gasteiger partial charge in [-0.25, -0.2) is 4.98 Å². The number of anilines is 1. The van der Waals surface area contributed by atoms with Gasteiger partial charge >= 0.3 is 0 Å². The number of halogens is 3. The zero-order valence-corrected chi connectivity index (χ0v) is 19.1. The second kappa shape index (κ2) is 11.7. The normalized spacial score (nSPS) is 16.8. The molecule has 0 spiro atoms. The van der Waals surface area contributed by atoms with Crippen LogP contribution in [0, 0.1) is 5.92 Å². The summed E-state index contributed by atoms with van der Waals surface area (Å²) in [6.07, 6.45) is 1.76. The summed E-state index contributed by atoms with van der Waals surface area (Å²) in [7, 11) is 0. The molecule has 4 rings (SSSR count). The van der Waals surface area contributed by atoms with Gasteiger partial charge in [0.2, 0.25) is 0 Å². The molecule has 6 nitrogen and oxygen atoms in total. The molecule has 0 aliphatic carbocycles. The first kappa shape index (κ1) is 24.7.